The highest BCUT2D eigenvalue weighted by Gasteiger charge is 2.49. The number of nitrogens with one attached hydrogen (secondary N) is 2. The van der Waals surface area contributed by atoms with E-state index in [0.717, 1.165) is 25.7 Å². The van der Waals surface area contributed by atoms with Crippen molar-refractivity contribution in [3.63, 3.8) is 0 Å². The van der Waals surface area contributed by atoms with E-state index in [1.165, 1.54) is 0 Å². The summed E-state index contributed by atoms with van der Waals surface area (Å²) in [5, 5.41) is 3.99. The molecule has 1 aliphatic carbocycles. The molecule has 0 saturated heterocycles. The van der Waals surface area contributed by atoms with Crippen LogP contribution in [0.25, 0.3) is 0 Å². The highest BCUT2D eigenvalue weighted by atomic mass is 35.5. The summed E-state index contributed by atoms with van der Waals surface area (Å²) in [6, 6.07) is 15.3. The normalized spacial score (nSPS) is 23.8. The van der Waals surface area contributed by atoms with Crippen molar-refractivity contribution in [2.24, 2.45) is 0 Å². The van der Waals surface area contributed by atoms with E-state index in [2.05, 4.69) is 10.0 Å². The van der Waals surface area contributed by atoms with Gasteiger partial charge in [-0.2, -0.15) is 0 Å². The molecule has 0 bridgehead atoms. The Morgan fingerprint density at radius 1 is 1.03 bits per heavy atom. The standard InChI is InChI=1S/C29H32Cl2N4O3S/c1-39(38)33-24-10-4-5-11-25(24)35-27(22-13-12-19(30)18-23(22)31)26(20-8-2-3-9-21(20)29(35)37)28(36)32-14-17-34-15-6-7-16-34/h2-3,6-9,12-13,15-16,18,24-27,33H,4-5,10-11,14,17H2,1H3,(H,32,36)/t24-,25?,26+,27-,39?/m0/s1. The van der Waals surface area contributed by atoms with Gasteiger partial charge in [0, 0.05) is 59.4 Å². The van der Waals surface area contributed by atoms with Gasteiger partial charge in [0.1, 0.15) is 0 Å². The Kier molecular flexibility index (Phi) is 8.76. The van der Waals surface area contributed by atoms with E-state index in [9.17, 15) is 13.8 Å². The maximum absolute atomic E-state index is 14.3. The minimum Gasteiger partial charge on any atom is -0.354 e. The molecule has 2 unspecified atom stereocenters. The van der Waals surface area contributed by atoms with Crippen LogP contribution in [0.4, 0.5) is 0 Å². The van der Waals surface area contributed by atoms with Crippen LogP contribution in [-0.4, -0.2) is 50.4 Å². The lowest BCUT2D eigenvalue weighted by molar-refractivity contribution is -0.124. The largest absolute Gasteiger partial charge is 0.354 e. The molecule has 1 aliphatic heterocycles. The van der Waals surface area contributed by atoms with Gasteiger partial charge in [-0.1, -0.05) is 60.3 Å². The van der Waals surface area contributed by atoms with Gasteiger partial charge in [0.15, 0.2) is 0 Å². The van der Waals surface area contributed by atoms with E-state index in [0.29, 0.717) is 39.8 Å². The van der Waals surface area contributed by atoms with Crippen molar-refractivity contribution in [1.82, 2.24) is 19.5 Å². The smallest absolute Gasteiger partial charge is 0.255 e. The first kappa shape index (κ1) is 27.9. The SMILES string of the molecule is CS(=O)N[C@H]1CCCCC1N1C(=O)c2ccccc2[C@@H](C(=O)NCCn2cccc2)[C@@H]1c1ccc(Cl)cc1Cl. The van der Waals surface area contributed by atoms with Crippen molar-refractivity contribution in [1.29, 1.82) is 0 Å². The van der Waals surface area contributed by atoms with Gasteiger partial charge < -0.3 is 14.8 Å². The molecule has 3 aromatic rings. The third kappa shape index (κ3) is 5.94. The Labute approximate surface area is 241 Å². The summed E-state index contributed by atoms with van der Waals surface area (Å²) < 4.78 is 17.4. The van der Waals surface area contributed by atoms with Gasteiger partial charge in [0.2, 0.25) is 5.91 Å². The van der Waals surface area contributed by atoms with E-state index < -0.39 is 22.9 Å². The Bertz CT molecular complexity index is 1370. The van der Waals surface area contributed by atoms with Gasteiger partial charge in [0.25, 0.3) is 5.91 Å². The van der Waals surface area contributed by atoms with Crippen LogP contribution in [-0.2, 0) is 22.3 Å². The zero-order chi connectivity index (χ0) is 27.5. The minimum atomic E-state index is -1.26. The molecule has 1 saturated carbocycles. The first-order valence-corrected chi connectivity index (χ1v) is 15.5. The van der Waals surface area contributed by atoms with Crippen LogP contribution in [0, 0.1) is 0 Å². The number of amides is 2. The van der Waals surface area contributed by atoms with Crippen LogP contribution < -0.4 is 10.0 Å². The maximum Gasteiger partial charge on any atom is 0.255 e. The number of carbonyl (C=O) groups excluding carboxylic acids is 2. The summed E-state index contributed by atoms with van der Waals surface area (Å²) in [5.74, 6) is -1.03. The molecule has 7 nitrogen and oxygen atoms in total. The number of hydrogen-bond acceptors (Lipinski definition) is 3. The molecular formula is C29H32Cl2N4O3S. The molecule has 0 spiro atoms. The minimum absolute atomic E-state index is 0.154. The number of fused-ring (bicyclic) bond motifs is 1. The molecule has 2 aromatic carbocycles. The second-order valence-electron chi connectivity index (χ2n) is 10.1. The van der Waals surface area contributed by atoms with Crippen LogP contribution in [0.15, 0.2) is 67.0 Å². The zero-order valence-electron chi connectivity index (χ0n) is 21.7. The van der Waals surface area contributed by atoms with Gasteiger partial charge >= 0.3 is 0 Å². The molecule has 2 N–H and O–H groups in total. The number of rotatable bonds is 8. The fraction of sp³-hybridized carbons (Fsp3) is 0.379. The maximum atomic E-state index is 14.3. The van der Waals surface area contributed by atoms with Gasteiger partial charge in [-0.3, -0.25) is 9.59 Å². The van der Waals surface area contributed by atoms with Crippen molar-refractivity contribution in [3.8, 4) is 0 Å². The van der Waals surface area contributed by atoms with Gasteiger partial charge in [-0.25, -0.2) is 8.93 Å². The topological polar surface area (TPSA) is 83.4 Å². The molecule has 2 aliphatic rings. The number of aromatic nitrogens is 1. The predicted octanol–water partition coefficient (Wildman–Crippen LogP) is 5.09. The fourth-order valence-corrected chi connectivity index (χ4v) is 7.23. The summed E-state index contributed by atoms with van der Waals surface area (Å²) in [7, 11) is -1.26. The third-order valence-electron chi connectivity index (χ3n) is 7.68. The fourth-order valence-electron chi connectivity index (χ4n) is 6.00. The van der Waals surface area contributed by atoms with E-state index in [1.54, 1.807) is 24.5 Å². The second-order valence-corrected chi connectivity index (χ2v) is 12.1. The number of halogens is 2. The summed E-state index contributed by atoms with van der Waals surface area (Å²) >= 11 is 13.0. The van der Waals surface area contributed by atoms with Crippen molar-refractivity contribution in [2.75, 3.05) is 12.8 Å². The molecule has 5 atom stereocenters. The van der Waals surface area contributed by atoms with Gasteiger partial charge in [-0.05, 0) is 54.3 Å². The molecule has 206 valence electrons. The third-order valence-corrected chi connectivity index (χ3v) is 8.88. The van der Waals surface area contributed by atoms with E-state index >= 15 is 0 Å². The molecule has 2 amide bonds. The Morgan fingerprint density at radius 3 is 2.51 bits per heavy atom. The van der Waals surface area contributed by atoms with Crippen molar-refractivity contribution in [2.45, 2.75) is 56.3 Å². The predicted molar refractivity (Wildman–Crippen MR) is 155 cm³/mol. The first-order chi connectivity index (χ1) is 18.8. The molecule has 0 radical (unpaired) electrons. The average Bonchev–Trinajstić information content (AvgIpc) is 3.43. The molecule has 1 aromatic heterocycles. The quantitative estimate of drug-likeness (QED) is 0.386. The molecule has 10 heteroatoms. The lowest BCUT2D eigenvalue weighted by atomic mass is 9.76. The highest BCUT2D eigenvalue weighted by Crippen LogP contribution is 2.47. The Balaban J connectivity index is 1.60. The first-order valence-electron chi connectivity index (χ1n) is 13.2. The molecule has 1 fully saturated rings. The van der Waals surface area contributed by atoms with Crippen LogP contribution in [0.2, 0.25) is 10.0 Å². The number of carbonyl (C=O) groups is 2. The van der Waals surface area contributed by atoms with E-state index in [1.807, 2.05) is 58.3 Å². The lowest BCUT2D eigenvalue weighted by Gasteiger charge is -2.49. The average molecular weight is 588 g/mol. The van der Waals surface area contributed by atoms with E-state index in [4.69, 9.17) is 23.2 Å². The van der Waals surface area contributed by atoms with E-state index in [-0.39, 0.29) is 23.9 Å². The Morgan fingerprint density at radius 2 is 1.77 bits per heavy atom. The Hall–Kier alpha value is -2.65. The van der Waals surface area contributed by atoms with Crippen molar-refractivity contribution >= 4 is 46.0 Å². The van der Waals surface area contributed by atoms with Crippen LogP contribution in [0.1, 0.15) is 59.1 Å². The molecule has 5 rings (SSSR count). The molecular weight excluding hydrogens is 555 g/mol. The van der Waals surface area contributed by atoms with Gasteiger partial charge in [-0.15, -0.1) is 0 Å². The van der Waals surface area contributed by atoms with Crippen molar-refractivity contribution < 1.29 is 13.8 Å². The van der Waals surface area contributed by atoms with Crippen LogP contribution in [0.5, 0.6) is 0 Å². The van der Waals surface area contributed by atoms with Gasteiger partial charge in [0.05, 0.1) is 22.9 Å². The molecule has 2 heterocycles. The summed E-state index contributed by atoms with van der Waals surface area (Å²) in [6.07, 6.45) is 8.92. The summed E-state index contributed by atoms with van der Waals surface area (Å²) in [6.45, 7) is 1.06. The number of nitrogens with zero attached hydrogens (tertiary/aromatic N) is 2. The number of hydrogen-bond donors (Lipinski definition) is 2. The van der Waals surface area contributed by atoms with Crippen LogP contribution in [0.3, 0.4) is 0 Å². The molecule has 39 heavy (non-hydrogen) atoms. The summed E-state index contributed by atoms with van der Waals surface area (Å²) in [5.41, 5.74) is 1.84. The van der Waals surface area contributed by atoms with Crippen molar-refractivity contribution in [3.05, 3.63) is 93.7 Å². The van der Waals surface area contributed by atoms with Crippen LogP contribution >= 0.6 is 23.2 Å². The second kappa shape index (κ2) is 12.3. The highest BCUT2D eigenvalue weighted by molar-refractivity contribution is 7.82. The zero-order valence-corrected chi connectivity index (χ0v) is 24.0. The monoisotopic (exact) mass is 586 g/mol. The summed E-state index contributed by atoms with van der Waals surface area (Å²) in [4.78, 5) is 30.1. The lowest BCUT2D eigenvalue weighted by Crippen LogP contribution is -2.58. The number of benzene rings is 2.